The summed E-state index contributed by atoms with van der Waals surface area (Å²) in [7, 11) is 0. The largest absolute Gasteiger partial charge is 0.484 e. The summed E-state index contributed by atoms with van der Waals surface area (Å²) in [6.45, 7) is 1.53. The Bertz CT molecular complexity index is 1090. The van der Waals surface area contributed by atoms with E-state index in [-0.39, 0.29) is 18.2 Å². The maximum atomic E-state index is 12.8. The summed E-state index contributed by atoms with van der Waals surface area (Å²) in [5.41, 5.74) is -0.174. The first kappa shape index (κ1) is 24.2. The van der Waals surface area contributed by atoms with Crippen molar-refractivity contribution in [3.8, 4) is 5.75 Å². The maximum Gasteiger partial charge on any atom is 0.416 e. The van der Waals surface area contributed by atoms with Gasteiger partial charge in [-0.2, -0.15) is 13.2 Å². The van der Waals surface area contributed by atoms with Crippen LogP contribution in [0.3, 0.4) is 0 Å². The van der Waals surface area contributed by atoms with E-state index in [0.717, 1.165) is 17.0 Å². The lowest BCUT2D eigenvalue weighted by molar-refractivity contribution is -0.137. The predicted octanol–water partition coefficient (Wildman–Crippen LogP) is 5.84. The van der Waals surface area contributed by atoms with Crippen LogP contribution >= 0.6 is 11.8 Å². The topological polar surface area (TPSA) is 67.4 Å². The first-order chi connectivity index (χ1) is 15.7. The molecule has 33 heavy (non-hydrogen) atoms. The van der Waals surface area contributed by atoms with Crippen molar-refractivity contribution in [3.63, 3.8) is 0 Å². The first-order valence-corrected chi connectivity index (χ1v) is 10.8. The van der Waals surface area contributed by atoms with Crippen molar-refractivity contribution in [2.45, 2.75) is 23.2 Å². The molecule has 3 rings (SSSR count). The molecule has 1 atom stereocenters. The predicted molar refractivity (Wildman–Crippen MR) is 122 cm³/mol. The fraction of sp³-hybridized carbons (Fsp3) is 0.167. The van der Waals surface area contributed by atoms with Gasteiger partial charge >= 0.3 is 6.18 Å². The SMILES string of the molecule is CC(Sc1ccc(NC(=O)COc2ccccc2)cc1)C(=O)Nc1cccc(C(F)(F)F)c1. The molecule has 3 aromatic carbocycles. The molecule has 2 amide bonds. The van der Waals surface area contributed by atoms with Gasteiger partial charge in [0, 0.05) is 16.3 Å². The molecule has 0 aliphatic carbocycles. The quantitative estimate of drug-likeness (QED) is 0.403. The Balaban J connectivity index is 1.49. The van der Waals surface area contributed by atoms with Gasteiger partial charge in [0.2, 0.25) is 5.91 Å². The van der Waals surface area contributed by atoms with Crippen molar-refractivity contribution < 1.29 is 27.5 Å². The number of para-hydroxylation sites is 1. The van der Waals surface area contributed by atoms with Crippen LogP contribution in [0, 0.1) is 0 Å². The number of rotatable bonds is 8. The molecule has 0 bridgehead atoms. The summed E-state index contributed by atoms with van der Waals surface area (Å²) in [6, 6.07) is 20.3. The number of benzene rings is 3. The molecule has 0 spiro atoms. The van der Waals surface area contributed by atoms with Crippen molar-refractivity contribution in [1.82, 2.24) is 0 Å². The zero-order valence-electron chi connectivity index (χ0n) is 17.6. The smallest absolute Gasteiger partial charge is 0.416 e. The minimum absolute atomic E-state index is 0.0815. The van der Waals surface area contributed by atoms with Crippen molar-refractivity contribution in [3.05, 3.63) is 84.4 Å². The zero-order chi connectivity index (χ0) is 23.8. The molecule has 0 heterocycles. The van der Waals surface area contributed by atoms with Crippen LogP contribution in [0.2, 0.25) is 0 Å². The molecule has 0 saturated carbocycles. The fourth-order valence-corrected chi connectivity index (χ4v) is 3.62. The molecular weight excluding hydrogens is 453 g/mol. The van der Waals surface area contributed by atoms with Gasteiger partial charge in [-0.25, -0.2) is 0 Å². The molecule has 9 heteroatoms. The van der Waals surface area contributed by atoms with Gasteiger partial charge < -0.3 is 15.4 Å². The highest BCUT2D eigenvalue weighted by Crippen LogP contribution is 2.31. The molecule has 5 nitrogen and oxygen atoms in total. The standard InChI is InChI=1S/C24H21F3N2O3S/c1-16(23(31)29-19-7-5-6-17(14-19)24(25,26)27)33-21-12-10-18(11-13-21)28-22(30)15-32-20-8-3-2-4-9-20/h2-14,16H,15H2,1H3,(H,28,30)(H,29,31). The minimum atomic E-state index is -4.48. The molecule has 0 saturated heterocycles. The number of amides is 2. The Hall–Kier alpha value is -3.46. The van der Waals surface area contributed by atoms with E-state index >= 15 is 0 Å². The number of hydrogen-bond donors (Lipinski definition) is 2. The van der Waals surface area contributed by atoms with E-state index in [2.05, 4.69) is 10.6 Å². The zero-order valence-corrected chi connectivity index (χ0v) is 18.4. The van der Waals surface area contributed by atoms with Gasteiger partial charge in [-0.3, -0.25) is 9.59 Å². The van der Waals surface area contributed by atoms with Gasteiger partial charge in [-0.05, 0) is 61.5 Å². The monoisotopic (exact) mass is 474 g/mol. The fourth-order valence-electron chi connectivity index (χ4n) is 2.75. The molecule has 172 valence electrons. The highest BCUT2D eigenvalue weighted by molar-refractivity contribution is 8.00. The third kappa shape index (κ3) is 7.57. The van der Waals surface area contributed by atoms with Gasteiger partial charge in [0.1, 0.15) is 5.75 Å². The Morgan fingerprint density at radius 1 is 0.909 bits per heavy atom. The number of anilines is 2. The molecule has 2 N–H and O–H groups in total. The van der Waals surface area contributed by atoms with Crippen LogP contribution in [-0.4, -0.2) is 23.7 Å². The second kappa shape index (κ2) is 10.9. The molecule has 1 unspecified atom stereocenters. The molecule has 0 fully saturated rings. The van der Waals surface area contributed by atoms with E-state index in [1.165, 1.54) is 23.9 Å². The van der Waals surface area contributed by atoms with Gasteiger partial charge in [0.05, 0.1) is 10.8 Å². The number of hydrogen-bond acceptors (Lipinski definition) is 4. The number of carbonyl (C=O) groups excluding carboxylic acids is 2. The van der Waals surface area contributed by atoms with Gasteiger partial charge in [-0.1, -0.05) is 24.3 Å². The van der Waals surface area contributed by atoms with Gasteiger partial charge in [0.15, 0.2) is 6.61 Å². The third-order valence-electron chi connectivity index (χ3n) is 4.39. The third-order valence-corrected chi connectivity index (χ3v) is 5.50. The Morgan fingerprint density at radius 3 is 2.27 bits per heavy atom. The maximum absolute atomic E-state index is 12.8. The highest BCUT2D eigenvalue weighted by atomic mass is 32.2. The molecule has 0 aliphatic heterocycles. The van der Waals surface area contributed by atoms with Crippen LogP contribution in [0.4, 0.5) is 24.5 Å². The van der Waals surface area contributed by atoms with Crippen LogP contribution in [-0.2, 0) is 15.8 Å². The van der Waals surface area contributed by atoms with Crippen molar-refractivity contribution in [1.29, 1.82) is 0 Å². The summed E-state index contributed by atoms with van der Waals surface area (Å²) in [5, 5.41) is 4.67. The average Bonchev–Trinajstić information content (AvgIpc) is 2.79. The molecule has 3 aromatic rings. The van der Waals surface area contributed by atoms with Crippen LogP contribution < -0.4 is 15.4 Å². The summed E-state index contributed by atoms with van der Waals surface area (Å²) in [6.07, 6.45) is -4.48. The minimum Gasteiger partial charge on any atom is -0.484 e. The Kier molecular flexibility index (Phi) is 8.00. The molecule has 0 aromatic heterocycles. The molecule has 0 radical (unpaired) electrons. The first-order valence-electron chi connectivity index (χ1n) is 9.93. The average molecular weight is 475 g/mol. The Morgan fingerprint density at radius 2 is 1.61 bits per heavy atom. The summed E-state index contributed by atoms with van der Waals surface area (Å²) in [4.78, 5) is 25.2. The highest BCUT2D eigenvalue weighted by Gasteiger charge is 2.30. The Labute approximate surface area is 193 Å². The van der Waals surface area contributed by atoms with Gasteiger partial charge in [0.25, 0.3) is 5.91 Å². The lowest BCUT2D eigenvalue weighted by atomic mass is 10.2. The van der Waals surface area contributed by atoms with E-state index in [4.69, 9.17) is 4.74 Å². The lowest BCUT2D eigenvalue weighted by Crippen LogP contribution is -2.22. The van der Waals surface area contributed by atoms with Crippen LogP contribution in [0.15, 0.2) is 83.8 Å². The van der Waals surface area contributed by atoms with Gasteiger partial charge in [-0.15, -0.1) is 11.8 Å². The van der Waals surface area contributed by atoms with Crippen LogP contribution in [0.1, 0.15) is 12.5 Å². The molecular formula is C24H21F3N2O3S. The number of alkyl halides is 3. The lowest BCUT2D eigenvalue weighted by Gasteiger charge is -2.14. The van der Waals surface area contributed by atoms with E-state index in [1.807, 2.05) is 18.2 Å². The van der Waals surface area contributed by atoms with E-state index < -0.39 is 22.9 Å². The summed E-state index contributed by atoms with van der Waals surface area (Å²) < 4.78 is 43.9. The number of ether oxygens (including phenoxy) is 1. The summed E-state index contributed by atoms with van der Waals surface area (Å²) >= 11 is 1.24. The van der Waals surface area contributed by atoms with E-state index in [0.29, 0.717) is 11.4 Å². The van der Waals surface area contributed by atoms with Crippen LogP contribution in [0.25, 0.3) is 0 Å². The van der Waals surface area contributed by atoms with Crippen molar-refractivity contribution in [2.24, 2.45) is 0 Å². The van der Waals surface area contributed by atoms with E-state index in [9.17, 15) is 22.8 Å². The number of carbonyl (C=O) groups is 2. The van der Waals surface area contributed by atoms with Crippen LogP contribution in [0.5, 0.6) is 5.75 Å². The van der Waals surface area contributed by atoms with Crippen molar-refractivity contribution in [2.75, 3.05) is 17.2 Å². The number of halogens is 3. The molecule has 0 aliphatic rings. The second-order valence-corrected chi connectivity index (χ2v) is 8.42. The summed E-state index contributed by atoms with van der Waals surface area (Å²) in [5.74, 6) is -0.139. The number of nitrogens with one attached hydrogen (secondary N) is 2. The number of thioether (sulfide) groups is 1. The normalized spacial score (nSPS) is 12.0. The van der Waals surface area contributed by atoms with E-state index in [1.54, 1.807) is 43.3 Å². The van der Waals surface area contributed by atoms with Crippen molar-refractivity contribution >= 4 is 35.0 Å². The second-order valence-electron chi connectivity index (χ2n) is 7.00.